The molecule has 1 aliphatic rings. The van der Waals surface area contributed by atoms with Crippen molar-refractivity contribution in [3.63, 3.8) is 0 Å². The molecule has 1 amide bonds. The second-order valence-electron chi connectivity index (χ2n) is 7.42. The van der Waals surface area contributed by atoms with Gasteiger partial charge in [-0.05, 0) is 60.7 Å². The zero-order valence-electron chi connectivity index (χ0n) is 16.7. The van der Waals surface area contributed by atoms with E-state index in [4.69, 9.17) is 0 Å². The van der Waals surface area contributed by atoms with Gasteiger partial charge in [0, 0.05) is 26.5 Å². The number of carbonyl (C=O) groups excluding carboxylic acids is 1. The first-order valence-electron chi connectivity index (χ1n) is 10.0. The van der Waals surface area contributed by atoms with Gasteiger partial charge in [-0.15, -0.1) is 11.3 Å². The van der Waals surface area contributed by atoms with Crippen molar-refractivity contribution >= 4 is 38.9 Å². The van der Waals surface area contributed by atoms with Gasteiger partial charge < -0.3 is 5.32 Å². The highest BCUT2D eigenvalue weighted by Crippen LogP contribution is 2.42. The van der Waals surface area contributed by atoms with E-state index in [2.05, 4.69) is 70.3 Å². The molecule has 1 N–H and O–H groups in total. The maximum Gasteiger partial charge on any atom is 0.238 e. The van der Waals surface area contributed by atoms with Gasteiger partial charge in [-0.1, -0.05) is 53.2 Å². The van der Waals surface area contributed by atoms with Crippen LogP contribution in [0.3, 0.4) is 0 Å². The molecule has 0 spiro atoms. The molecular formula is C24H25BrN2OS. The number of hydrogen-bond acceptors (Lipinski definition) is 3. The van der Waals surface area contributed by atoms with Gasteiger partial charge in [0.25, 0.3) is 0 Å². The topological polar surface area (TPSA) is 32.3 Å². The van der Waals surface area contributed by atoms with Gasteiger partial charge in [0.05, 0.1) is 12.6 Å². The second kappa shape index (κ2) is 8.82. The predicted molar refractivity (Wildman–Crippen MR) is 125 cm³/mol. The molecule has 0 radical (unpaired) electrons. The monoisotopic (exact) mass is 468 g/mol. The summed E-state index contributed by atoms with van der Waals surface area (Å²) in [5.41, 5.74) is 5.10. The van der Waals surface area contributed by atoms with E-state index in [1.54, 1.807) is 0 Å². The number of amides is 1. The minimum absolute atomic E-state index is 0.0284. The number of thiophene rings is 1. The normalized spacial score (nSPS) is 16.4. The quantitative estimate of drug-likeness (QED) is 0.500. The summed E-state index contributed by atoms with van der Waals surface area (Å²) in [6.07, 6.45) is 2.08. The van der Waals surface area contributed by atoms with Crippen LogP contribution >= 0.6 is 27.3 Å². The minimum Gasteiger partial charge on any atom is -0.325 e. The van der Waals surface area contributed by atoms with E-state index < -0.39 is 0 Å². The molecule has 2 aromatic carbocycles. The fraction of sp³-hybridized carbons (Fsp3) is 0.292. The Morgan fingerprint density at radius 2 is 1.90 bits per heavy atom. The van der Waals surface area contributed by atoms with Crippen LogP contribution in [0.15, 0.2) is 59.1 Å². The minimum atomic E-state index is 0.0284. The fourth-order valence-electron chi connectivity index (χ4n) is 4.24. The maximum absolute atomic E-state index is 12.8. The van der Waals surface area contributed by atoms with E-state index in [0.717, 1.165) is 29.5 Å². The van der Waals surface area contributed by atoms with Crippen LogP contribution in [0, 0.1) is 6.92 Å². The summed E-state index contributed by atoms with van der Waals surface area (Å²) in [5, 5.41) is 3.04. The third-order valence-corrected chi connectivity index (χ3v) is 7.33. The summed E-state index contributed by atoms with van der Waals surface area (Å²) in [6.45, 7) is 5.75. The zero-order chi connectivity index (χ0) is 20.4. The molecule has 4 rings (SSSR count). The molecule has 0 fully saturated rings. The molecule has 29 heavy (non-hydrogen) atoms. The van der Waals surface area contributed by atoms with E-state index in [-0.39, 0.29) is 11.9 Å². The van der Waals surface area contributed by atoms with Gasteiger partial charge in [-0.2, -0.15) is 0 Å². The Balaban J connectivity index is 1.61. The average Bonchev–Trinajstić information content (AvgIpc) is 3.05. The summed E-state index contributed by atoms with van der Waals surface area (Å²) in [6, 6.07) is 18.4. The molecule has 0 unspecified atom stereocenters. The molecule has 1 aromatic heterocycles. The Hall–Kier alpha value is -1.95. The highest BCUT2D eigenvalue weighted by molar-refractivity contribution is 9.10. The Bertz CT molecular complexity index is 998. The van der Waals surface area contributed by atoms with Crippen LogP contribution in [0.25, 0.3) is 0 Å². The van der Waals surface area contributed by atoms with Crippen LogP contribution in [-0.2, 0) is 17.6 Å². The van der Waals surface area contributed by atoms with Crippen molar-refractivity contribution in [3.8, 4) is 0 Å². The second-order valence-corrected chi connectivity index (χ2v) is 9.59. The first-order valence-corrected chi connectivity index (χ1v) is 11.6. The van der Waals surface area contributed by atoms with Crippen molar-refractivity contribution in [1.82, 2.24) is 4.90 Å². The smallest absolute Gasteiger partial charge is 0.238 e. The number of anilines is 1. The SMILES string of the molecule is CCc1c(C)sc2c1CCN(CC(=O)Nc1ccc(Br)cc1)[C@H]2c1ccccc1. The summed E-state index contributed by atoms with van der Waals surface area (Å²) in [5.74, 6) is 0.0284. The summed E-state index contributed by atoms with van der Waals surface area (Å²) >= 11 is 5.34. The predicted octanol–water partition coefficient (Wildman–Crippen LogP) is 5.97. The summed E-state index contributed by atoms with van der Waals surface area (Å²) in [4.78, 5) is 18.0. The van der Waals surface area contributed by atoms with Crippen LogP contribution in [0.5, 0.6) is 0 Å². The zero-order valence-corrected chi connectivity index (χ0v) is 19.1. The van der Waals surface area contributed by atoms with Crippen molar-refractivity contribution in [1.29, 1.82) is 0 Å². The number of hydrogen-bond donors (Lipinski definition) is 1. The largest absolute Gasteiger partial charge is 0.325 e. The number of benzene rings is 2. The van der Waals surface area contributed by atoms with Crippen LogP contribution in [0.2, 0.25) is 0 Å². The molecule has 0 saturated heterocycles. The molecule has 150 valence electrons. The Kier molecular flexibility index (Phi) is 6.18. The number of nitrogens with zero attached hydrogens (tertiary/aromatic N) is 1. The standard InChI is InChI=1S/C24H25BrN2OS/c1-3-20-16(2)29-24-21(20)13-14-27(23(24)17-7-5-4-6-8-17)15-22(28)26-19-11-9-18(25)10-12-19/h4-12,23H,3,13-15H2,1-2H3,(H,26,28)/t23-/m0/s1. The summed E-state index contributed by atoms with van der Waals surface area (Å²) < 4.78 is 1.00. The highest BCUT2D eigenvalue weighted by Gasteiger charge is 2.33. The molecule has 1 aliphatic heterocycles. The average molecular weight is 469 g/mol. The van der Waals surface area contributed by atoms with E-state index in [9.17, 15) is 4.79 Å². The highest BCUT2D eigenvalue weighted by atomic mass is 79.9. The molecule has 1 atom stereocenters. The molecule has 0 aliphatic carbocycles. The third-order valence-electron chi connectivity index (χ3n) is 5.56. The van der Waals surface area contributed by atoms with Crippen molar-refractivity contribution in [2.75, 3.05) is 18.4 Å². The Labute approximate surface area is 184 Å². The lowest BCUT2D eigenvalue weighted by molar-refractivity contribution is -0.117. The molecule has 2 heterocycles. The Morgan fingerprint density at radius 1 is 1.17 bits per heavy atom. The van der Waals surface area contributed by atoms with Gasteiger partial charge in [-0.25, -0.2) is 0 Å². The number of halogens is 1. The molecule has 5 heteroatoms. The summed E-state index contributed by atoms with van der Waals surface area (Å²) in [7, 11) is 0. The number of nitrogens with one attached hydrogen (secondary N) is 1. The van der Waals surface area contributed by atoms with E-state index in [1.165, 1.54) is 26.4 Å². The van der Waals surface area contributed by atoms with Crippen LogP contribution < -0.4 is 5.32 Å². The lowest BCUT2D eigenvalue weighted by atomic mass is 9.91. The molecule has 0 saturated carbocycles. The third kappa shape index (κ3) is 4.32. The first-order chi connectivity index (χ1) is 14.1. The Morgan fingerprint density at radius 3 is 2.59 bits per heavy atom. The lowest BCUT2D eigenvalue weighted by Gasteiger charge is -2.36. The van der Waals surface area contributed by atoms with Gasteiger partial charge in [0.15, 0.2) is 0 Å². The van der Waals surface area contributed by atoms with Crippen LogP contribution in [0.4, 0.5) is 5.69 Å². The van der Waals surface area contributed by atoms with Crippen LogP contribution in [-0.4, -0.2) is 23.9 Å². The molecule has 0 bridgehead atoms. The van der Waals surface area contributed by atoms with Crippen molar-refractivity contribution < 1.29 is 4.79 Å². The lowest BCUT2D eigenvalue weighted by Crippen LogP contribution is -2.40. The van der Waals surface area contributed by atoms with Gasteiger partial charge >= 0.3 is 0 Å². The van der Waals surface area contributed by atoms with E-state index in [1.807, 2.05) is 35.6 Å². The van der Waals surface area contributed by atoms with Crippen molar-refractivity contribution in [2.24, 2.45) is 0 Å². The number of aryl methyl sites for hydroxylation is 1. The number of rotatable bonds is 5. The maximum atomic E-state index is 12.8. The molecule has 3 nitrogen and oxygen atoms in total. The number of carbonyl (C=O) groups is 1. The van der Waals surface area contributed by atoms with Crippen molar-refractivity contribution in [2.45, 2.75) is 32.7 Å². The number of fused-ring (bicyclic) bond motifs is 1. The fourth-order valence-corrected chi connectivity index (χ4v) is 5.97. The van der Waals surface area contributed by atoms with Gasteiger partial charge in [0.1, 0.15) is 0 Å². The molecular weight excluding hydrogens is 444 g/mol. The van der Waals surface area contributed by atoms with E-state index >= 15 is 0 Å². The van der Waals surface area contributed by atoms with E-state index in [0.29, 0.717) is 6.54 Å². The first kappa shape index (κ1) is 20.3. The van der Waals surface area contributed by atoms with Gasteiger partial charge in [-0.3, -0.25) is 9.69 Å². The van der Waals surface area contributed by atoms with Gasteiger partial charge in [0.2, 0.25) is 5.91 Å². The molecule has 3 aromatic rings. The van der Waals surface area contributed by atoms with Crippen LogP contribution in [0.1, 0.15) is 39.4 Å². The van der Waals surface area contributed by atoms with Crippen molar-refractivity contribution in [3.05, 3.63) is 85.5 Å².